The van der Waals surface area contributed by atoms with Gasteiger partial charge in [-0.05, 0) is 77.1 Å². The lowest BCUT2D eigenvalue weighted by Gasteiger charge is -2.24. The van der Waals surface area contributed by atoms with Crippen molar-refractivity contribution >= 4 is 35.7 Å². The number of amides is 5. The highest BCUT2D eigenvalue weighted by Crippen LogP contribution is 2.19. The summed E-state index contributed by atoms with van der Waals surface area (Å²) in [4.78, 5) is 78.8. The summed E-state index contributed by atoms with van der Waals surface area (Å²) in [5.74, 6) is -2.52. The number of nitrogens with zero attached hydrogens (tertiary/aromatic N) is 2. The van der Waals surface area contributed by atoms with Crippen molar-refractivity contribution in [3.63, 3.8) is 0 Å². The van der Waals surface area contributed by atoms with Gasteiger partial charge >= 0.3 is 12.1 Å². The van der Waals surface area contributed by atoms with Crippen molar-refractivity contribution in [2.75, 3.05) is 19.7 Å². The first-order valence-corrected chi connectivity index (χ1v) is 19.8. The van der Waals surface area contributed by atoms with Gasteiger partial charge in [0.1, 0.15) is 60.6 Å². The minimum atomic E-state index is -1.10. The second kappa shape index (κ2) is 22.3. The maximum atomic E-state index is 13.7. The average Bonchev–Trinajstić information content (AvgIpc) is 3.56. The lowest BCUT2D eigenvalue weighted by Crippen LogP contribution is -2.55. The molecule has 1 heterocycles. The molecule has 322 valence electrons. The fraction of sp³-hybridized carbons (Fsp3) is 0.512. The summed E-state index contributed by atoms with van der Waals surface area (Å²) in [6, 6.07) is 13.0. The fourth-order valence-electron chi connectivity index (χ4n) is 5.72. The second-order valence-electron chi connectivity index (χ2n) is 16.7. The number of hydrogen-bond donors (Lipinski definition) is 5. The molecule has 0 aliphatic heterocycles. The summed E-state index contributed by atoms with van der Waals surface area (Å²) < 4.78 is 20.5. The van der Waals surface area contributed by atoms with Crippen LogP contribution in [0.1, 0.15) is 72.9 Å². The fourth-order valence-corrected chi connectivity index (χ4v) is 5.72. The number of esters is 1. The highest BCUT2D eigenvalue weighted by Gasteiger charge is 2.29. The van der Waals surface area contributed by atoms with E-state index in [1.165, 1.54) is 0 Å². The van der Waals surface area contributed by atoms with E-state index < -0.39 is 78.1 Å². The normalized spacial score (nSPS) is 13.0. The standard InChI is InChI=1S/C43H61N7O9/c1-29(2)23-35(40(55)57-22-21-50-20-19-49(9)28-50)47-39(54)34(24-30-13-11-10-12-14-30)46-37(52)27-44-36(51)26-45-38(53)33(48-41(56)59-43(6,7)8)25-31-15-17-32(18-16-31)58-42(3,4)5/h10-20,28-29,33-35H,21-27H2,1-9H3,(H4-,44,45,46,47,48,51,52,53,54,56)/p+1/t33-,34-,35-/m0/s1. The van der Waals surface area contributed by atoms with Crippen LogP contribution in [0.25, 0.3) is 0 Å². The Balaban J connectivity index is 1.61. The van der Waals surface area contributed by atoms with Gasteiger partial charge in [0.05, 0.1) is 20.1 Å². The number of ether oxygens (including phenoxy) is 3. The Morgan fingerprint density at radius 1 is 0.712 bits per heavy atom. The third-order valence-electron chi connectivity index (χ3n) is 8.32. The Kier molecular flexibility index (Phi) is 17.9. The molecule has 2 aromatic carbocycles. The molecule has 16 heteroatoms. The van der Waals surface area contributed by atoms with Crippen LogP contribution in [0.15, 0.2) is 73.3 Å². The van der Waals surface area contributed by atoms with Crippen molar-refractivity contribution in [2.45, 2.75) is 111 Å². The summed E-state index contributed by atoms with van der Waals surface area (Å²) >= 11 is 0. The van der Waals surface area contributed by atoms with Gasteiger partial charge < -0.3 is 40.8 Å². The maximum Gasteiger partial charge on any atom is 0.408 e. The number of aromatic nitrogens is 2. The van der Waals surface area contributed by atoms with E-state index >= 15 is 0 Å². The van der Waals surface area contributed by atoms with E-state index in [-0.39, 0.29) is 25.4 Å². The molecule has 5 amide bonds. The second-order valence-corrected chi connectivity index (χ2v) is 16.7. The smallest absolute Gasteiger partial charge is 0.408 e. The van der Waals surface area contributed by atoms with Crippen LogP contribution < -0.4 is 35.9 Å². The van der Waals surface area contributed by atoms with E-state index in [9.17, 15) is 28.8 Å². The van der Waals surface area contributed by atoms with E-state index in [0.29, 0.717) is 24.3 Å². The Morgan fingerprint density at radius 3 is 1.90 bits per heavy atom. The molecule has 0 unspecified atom stereocenters. The summed E-state index contributed by atoms with van der Waals surface area (Å²) in [5.41, 5.74) is 0.249. The number of benzene rings is 2. The molecule has 59 heavy (non-hydrogen) atoms. The van der Waals surface area contributed by atoms with E-state index in [1.807, 2.05) is 75.6 Å². The molecule has 1 aromatic heterocycles. The maximum absolute atomic E-state index is 13.7. The predicted molar refractivity (Wildman–Crippen MR) is 220 cm³/mol. The number of nitrogens with one attached hydrogen (secondary N) is 5. The highest BCUT2D eigenvalue weighted by atomic mass is 16.6. The minimum Gasteiger partial charge on any atom is -0.488 e. The Bertz CT molecular complexity index is 1850. The third-order valence-corrected chi connectivity index (χ3v) is 8.32. The van der Waals surface area contributed by atoms with Crippen molar-refractivity contribution in [3.05, 3.63) is 84.4 Å². The van der Waals surface area contributed by atoms with Gasteiger partial charge in [0.15, 0.2) is 0 Å². The largest absolute Gasteiger partial charge is 0.488 e. The highest BCUT2D eigenvalue weighted by molar-refractivity contribution is 5.93. The zero-order chi connectivity index (χ0) is 43.8. The number of aryl methyl sites for hydroxylation is 1. The number of alkyl carbamates (subject to hydrolysis) is 1. The van der Waals surface area contributed by atoms with E-state index in [0.717, 1.165) is 5.56 Å². The van der Waals surface area contributed by atoms with Crippen molar-refractivity contribution < 1.29 is 47.5 Å². The van der Waals surface area contributed by atoms with Gasteiger partial charge in [-0.1, -0.05) is 56.3 Å². The van der Waals surface area contributed by atoms with Gasteiger partial charge in [-0.2, -0.15) is 0 Å². The van der Waals surface area contributed by atoms with Gasteiger partial charge in [-0.3, -0.25) is 19.2 Å². The van der Waals surface area contributed by atoms with Gasteiger partial charge in [0.25, 0.3) is 0 Å². The molecule has 3 aromatic rings. The van der Waals surface area contributed by atoms with Crippen LogP contribution in [0.4, 0.5) is 4.79 Å². The zero-order valence-corrected chi connectivity index (χ0v) is 35.8. The van der Waals surface area contributed by atoms with Gasteiger partial charge in [-0.25, -0.2) is 18.7 Å². The molecule has 0 bridgehead atoms. The molecule has 0 spiro atoms. The summed E-state index contributed by atoms with van der Waals surface area (Å²) in [5, 5.41) is 13.0. The van der Waals surface area contributed by atoms with E-state index in [4.69, 9.17) is 14.2 Å². The number of carbonyl (C=O) groups is 6. The molecule has 0 saturated carbocycles. The Morgan fingerprint density at radius 2 is 1.32 bits per heavy atom. The van der Waals surface area contributed by atoms with Crippen LogP contribution in [0.5, 0.6) is 5.75 Å². The van der Waals surface area contributed by atoms with E-state index in [2.05, 4.69) is 26.6 Å². The SMILES string of the molecule is CC(C)C[C@H](NC(=O)[C@H](Cc1ccccc1)NC(=O)CNC(=O)CNC(=O)[C@H](Cc1ccc(OC(C)(C)C)cc1)NC(=O)OC(C)(C)C)C(=O)OCCn1cc[n+](C)c1. The molecule has 16 nitrogen and oxygen atoms in total. The van der Waals surface area contributed by atoms with Crippen LogP contribution in [0.2, 0.25) is 0 Å². The number of rotatable bonds is 20. The first-order chi connectivity index (χ1) is 27.7. The number of hydrogen-bond acceptors (Lipinski definition) is 9. The average molecular weight is 821 g/mol. The van der Waals surface area contributed by atoms with Gasteiger partial charge in [-0.15, -0.1) is 0 Å². The van der Waals surface area contributed by atoms with Crippen molar-refractivity contribution in [1.82, 2.24) is 31.2 Å². The lowest BCUT2D eigenvalue weighted by molar-refractivity contribution is -0.671. The molecule has 0 aliphatic carbocycles. The third kappa shape index (κ3) is 18.9. The topological polar surface area (TPSA) is 199 Å². The van der Waals surface area contributed by atoms with Crippen LogP contribution in [0, 0.1) is 5.92 Å². The van der Waals surface area contributed by atoms with Crippen molar-refractivity contribution in [1.29, 1.82) is 0 Å². The van der Waals surface area contributed by atoms with Crippen LogP contribution >= 0.6 is 0 Å². The Labute approximate surface area is 347 Å². The number of imidazole rings is 1. The molecule has 0 fully saturated rings. The summed E-state index contributed by atoms with van der Waals surface area (Å²) in [6.45, 7) is 14.2. The van der Waals surface area contributed by atoms with E-state index in [1.54, 1.807) is 69.3 Å². The van der Waals surface area contributed by atoms with Crippen molar-refractivity contribution in [2.24, 2.45) is 13.0 Å². The monoisotopic (exact) mass is 820 g/mol. The summed E-state index contributed by atoms with van der Waals surface area (Å²) in [6.07, 6.45) is 5.26. The first kappa shape index (κ1) is 47.4. The lowest BCUT2D eigenvalue weighted by atomic mass is 10.0. The van der Waals surface area contributed by atoms with Crippen LogP contribution in [-0.4, -0.2) is 89.3 Å². The zero-order valence-electron chi connectivity index (χ0n) is 35.8. The van der Waals surface area contributed by atoms with Gasteiger partial charge in [0, 0.05) is 12.8 Å². The molecule has 0 saturated heterocycles. The molecule has 5 N–H and O–H groups in total. The molecule has 0 radical (unpaired) electrons. The Hall–Kier alpha value is -5.93. The minimum absolute atomic E-state index is 0.0395. The quantitative estimate of drug-likeness (QED) is 0.0841. The van der Waals surface area contributed by atoms with Gasteiger partial charge in [0.2, 0.25) is 30.0 Å². The molecular formula is C43H62N7O9+. The first-order valence-electron chi connectivity index (χ1n) is 19.8. The van der Waals surface area contributed by atoms with Crippen molar-refractivity contribution in [3.8, 4) is 5.75 Å². The predicted octanol–water partition coefficient (Wildman–Crippen LogP) is 2.66. The number of carbonyl (C=O) groups excluding carboxylic acids is 6. The molecular weight excluding hydrogens is 759 g/mol. The van der Waals surface area contributed by atoms with Crippen LogP contribution in [0.3, 0.4) is 0 Å². The molecule has 3 rings (SSSR count). The molecule has 3 atom stereocenters. The van der Waals surface area contributed by atoms with Crippen LogP contribution in [-0.2, 0) is 59.9 Å². The molecule has 0 aliphatic rings. The summed E-state index contributed by atoms with van der Waals surface area (Å²) in [7, 11) is 1.88.